The third-order valence-corrected chi connectivity index (χ3v) is 4.12. The second-order valence-electron chi connectivity index (χ2n) is 4.12. The van der Waals surface area contributed by atoms with Crippen LogP contribution in [0.1, 0.15) is 25.5 Å². The molecule has 1 saturated carbocycles. The summed E-state index contributed by atoms with van der Waals surface area (Å²) in [5.74, 6) is 6.78. The minimum Gasteiger partial charge on any atom is -0.246 e. The van der Waals surface area contributed by atoms with Gasteiger partial charge in [0.25, 0.3) is 0 Å². The zero-order chi connectivity index (χ0) is 12.3. The lowest BCUT2D eigenvalue weighted by atomic mass is 10.3. The van der Waals surface area contributed by atoms with E-state index < -0.39 is 11.0 Å². The standard InChI is InChI=1S/C13H16N2OS/c1-3-15(2)17(16)13-9-8-12(14-10-13)7-6-11-4-5-11/h8-11H,3-5H2,1-2H3. The minimum atomic E-state index is -1.11. The molecule has 0 radical (unpaired) electrons. The van der Waals surface area contributed by atoms with Gasteiger partial charge in [-0.2, -0.15) is 0 Å². The summed E-state index contributed by atoms with van der Waals surface area (Å²) in [5, 5.41) is 0. The monoisotopic (exact) mass is 248 g/mol. The Morgan fingerprint density at radius 1 is 1.53 bits per heavy atom. The van der Waals surface area contributed by atoms with Gasteiger partial charge < -0.3 is 0 Å². The van der Waals surface area contributed by atoms with E-state index >= 15 is 0 Å². The van der Waals surface area contributed by atoms with Crippen molar-refractivity contribution >= 4 is 11.0 Å². The maximum atomic E-state index is 11.9. The average molecular weight is 248 g/mol. The van der Waals surface area contributed by atoms with Gasteiger partial charge in [0.1, 0.15) is 16.7 Å². The van der Waals surface area contributed by atoms with Crippen molar-refractivity contribution in [3.05, 3.63) is 24.0 Å². The van der Waals surface area contributed by atoms with Crippen LogP contribution in [0.15, 0.2) is 23.2 Å². The quantitative estimate of drug-likeness (QED) is 0.764. The molecule has 1 aromatic heterocycles. The highest BCUT2D eigenvalue weighted by atomic mass is 32.2. The molecule has 1 fully saturated rings. The summed E-state index contributed by atoms with van der Waals surface area (Å²) in [6.07, 6.45) is 4.09. The molecule has 1 atom stereocenters. The summed E-state index contributed by atoms with van der Waals surface area (Å²) >= 11 is 0. The molecule has 90 valence electrons. The molecule has 17 heavy (non-hydrogen) atoms. The maximum Gasteiger partial charge on any atom is 0.128 e. The maximum absolute atomic E-state index is 11.9. The van der Waals surface area contributed by atoms with E-state index in [0.29, 0.717) is 5.92 Å². The van der Waals surface area contributed by atoms with Crippen LogP contribution >= 0.6 is 0 Å². The summed E-state index contributed by atoms with van der Waals surface area (Å²) in [6, 6.07) is 3.68. The van der Waals surface area contributed by atoms with Gasteiger partial charge in [0.2, 0.25) is 0 Å². The van der Waals surface area contributed by atoms with Gasteiger partial charge in [-0.25, -0.2) is 13.5 Å². The van der Waals surface area contributed by atoms with E-state index in [0.717, 1.165) is 17.1 Å². The molecule has 3 nitrogen and oxygen atoms in total. The molecule has 2 rings (SSSR count). The van der Waals surface area contributed by atoms with Crippen LogP contribution in [0.25, 0.3) is 0 Å². The fourth-order valence-electron chi connectivity index (χ4n) is 1.26. The SMILES string of the molecule is CCN(C)S(=O)c1ccc(C#CC2CC2)nc1. The lowest BCUT2D eigenvalue weighted by molar-refractivity contribution is 0.547. The Balaban J connectivity index is 2.07. The van der Waals surface area contributed by atoms with Crippen molar-refractivity contribution in [2.45, 2.75) is 24.7 Å². The molecule has 0 amide bonds. The molecule has 1 aliphatic rings. The van der Waals surface area contributed by atoms with E-state index in [2.05, 4.69) is 16.8 Å². The lowest BCUT2D eigenvalue weighted by Gasteiger charge is -2.12. The van der Waals surface area contributed by atoms with Gasteiger partial charge in [0.05, 0.1) is 4.90 Å². The van der Waals surface area contributed by atoms with Crippen LogP contribution in [0.2, 0.25) is 0 Å². The van der Waals surface area contributed by atoms with Gasteiger partial charge in [-0.1, -0.05) is 12.8 Å². The van der Waals surface area contributed by atoms with Gasteiger partial charge >= 0.3 is 0 Å². The molecule has 0 N–H and O–H groups in total. The summed E-state index contributed by atoms with van der Waals surface area (Å²) in [4.78, 5) is 4.95. The molecule has 1 heterocycles. The molecule has 0 spiro atoms. The predicted octanol–water partition coefficient (Wildman–Crippen LogP) is 1.82. The lowest BCUT2D eigenvalue weighted by Crippen LogP contribution is -2.20. The van der Waals surface area contributed by atoms with E-state index in [4.69, 9.17) is 0 Å². The zero-order valence-corrected chi connectivity index (χ0v) is 11.0. The molecule has 0 bridgehead atoms. The third-order valence-electron chi connectivity index (χ3n) is 2.65. The summed E-state index contributed by atoms with van der Waals surface area (Å²) in [7, 11) is 0.716. The molecular weight excluding hydrogens is 232 g/mol. The van der Waals surface area contributed by atoms with Crippen LogP contribution in [0.3, 0.4) is 0 Å². The number of rotatable bonds is 3. The number of hydrogen-bond donors (Lipinski definition) is 0. The number of nitrogens with zero attached hydrogens (tertiary/aromatic N) is 2. The first-order valence-electron chi connectivity index (χ1n) is 5.81. The first kappa shape index (κ1) is 12.3. The van der Waals surface area contributed by atoms with Crippen molar-refractivity contribution in [1.29, 1.82) is 0 Å². The molecule has 0 aromatic carbocycles. The normalized spacial score (nSPS) is 16.4. The smallest absolute Gasteiger partial charge is 0.128 e. The Kier molecular flexibility index (Phi) is 3.93. The topological polar surface area (TPSA) is 33.2 Å². The summed E-state index contributed by atoms with van der Waals surface area (Å²) in [6.45, 7) is 2.72. The van der Waals surface area contributed by atoms with Gasteiger partial charge in [-0.3, -0.25) is 0 Å². The largest absolute Gasteiger partial charge is 0.246 e. The van der Waals surface area contributed by atoms with Crippen LogP contribution in [-0.2, 0) is 11.0 Å². The van der Waals surface area contributed by atoms with Crippen molar-refractivity contribution in [2.24, 2.45) is 5.92 Å². The Hall–Kier alpha value is -1.18. The highest BCUT2D eigenvalue weighted by Gasteiger charge is 2.17. The Morgan fingerprint density at radius 2 is 2.29 bits per heavy atom. The van der Waals surface area contributed by atoms with E-state index in [1.165, 1.54) is 12.8 Å². The van der Waals surface area contributed by atoms with E-state index in [1.54, 1.807) is 10.5 Å². The Bertz CT molecular complexity index is 468. The van der Waals surface area contributed by atoms with Crippen LogP contribution in [0, 0.1) is 17.8 Å². The minimum absolute atomic E-state index is 0.580. The molecule has 1 aromatic rings. The molecule has 4 heteroatoms. The van der Waals surface area contributed by atoms with E-state index in [1.807, 2.05) is 26.1 Å². The molecule has 1 aliphatic carbocycles. The molecule has 0 aliphatic heterocycles. The summed E-state index contributed by atoms with van der Waals surface area (Å²) in [5.41, 5.74) is 0.761. The van der Waals surface area contributed by atoms with Crippen molar-refractivity contribution in [3.8, 4) is 11.8 Å². The van der Waals surface area contributed by atoms with E-state index in [-0.39, 0.29) is 0 Å². The third kappa shape index (κ3) is 3.39. The first-order chi connectivity index (χ1) is 8.20. The van der Waals surface area contributed by atoms with Crippen LogP contribution in [0.5, 0.6) is 0 Å². The number of aromatic nitrogens is 1. The number of pyridine rings is 1. The fourth-order valence-corrected chi connectivity index (χ4v) is 2.18. The van der Waals surface area contributed by atoms with Gasteiger partial charge in [-0.05, 0) is 30.9 Å². The average Bonchev–Trinajstić information content (AvgIpc) is 3.19. The molecular formula is C13H16N2OS. The van der Waals surface area contributed by atoms with Crippen molar-refractivity contribution in [1.82, 2.24) is 9.29 Å². The van der Waals surface area contributed by atoms with Crippen LogP contribution in [-0.4, -0.2) is 27.1 Å². The predicted molar refractivity (Wildman–Crippen MR) is 68.6 cm³/mol. The van der Waals surface area contributed by atoms with Gasteiger partial charge in [0.15, 0.2) is 0 Å². The van der Waals surface area contributed by atoms with Crippen molar-refractivity contribution < 1.29 is 4.21 Å². The summed E-state index contributed by atoms with van der Waals surface area (Å²) < 4.78 is 13.7. The van der Waals surface area contributed by atoms with E-state index in [9.17, 15) is 4.21 Å². The van der Waals surface area contributed by atoms with Crippen LogP contribution < -0.4 is 0 Å². The van der Waals surface area contributed by atoms with Gasteiger partial charge in [-0.15, -0.1) is 0 Å². The van der Waals surface area contributed by atoms with Crippen molar-refractivity contribution in [2.75, 3.05) is 13.6 Å². The fraction of sp³-hybridized carbons (Fsp3) is 0.462. The highest BCUT2D eigenvalue weighted by molar-refractivity contribution is 7.82. The van der Waals surface area contributed by atoms with Gasteiger partial charge in [0, 0.05) is 25.7 Å². The Labute approximate surface area is 105 Å². The molecule has 0 saturated heterocycles. The van der Waals surface area contributed by atoms with Crippen LogP contribution in [0.4, 0.5) is 0 Å². The highest BCUT2D eigenvalue weighted by Crippen LogP contribution is 2.27. The Morgan fingerprint density at radius 3 is 2.82 bits per heavy atom. The first-order valence-corrected chi connectivity index (χ1v) is 6.92. The van der Waals surface area contributed by atoms with Crippen molar-refractivity contribution in [3.63, 3.8) is 0 Å². The second-order valence-corrected chi connectivity index (χ2v) is 5.71. The molecule has 1 unspecified atom stereocenters. The second kappa shape index (κ2) is 5.44. The number of hydrogen-bond acceptors (Lipinski definition) is 2. The zero-order valence-electron chi connectivity index (χ0n) is 10.1.